The van der Waals surface area contributed by atoms with Crippen LogP contribution in [0.3, 0.4) is 0 Å². The summed E-state index contributed by atoms with van der Waals surface area (Å²) in [5, 5.41) is 15.7. The highest BCUT2D eigenvalue weighted by molar-refractivity contribution is 6.12. The number of imide groups is 1. The Bertz CT molecular complexity index is 1920. The number of aliphatic carboxylic acids is 1. The van der Waals surface area contributed by atoms with E-state index in [2.05, 4.69) is 10.6 Å². The van der Waals surface area contributed by atoms with E-state index in [4.69, 9.17) is 14.2 Å². The fraction of sp³-hybridized carbons (Fsp3) is 0.680. The number of nitrogens with zero attached hydrogens (tertiary/aromatic N) is 4. The van der Waals surface area contributed by atoms with Crippen molar-refractivity contribution in [1.82, 2.24) is 30.2 Å². The number of rotatable bonds is 28. The summed E-state index contributed by atoms with van der Waals surface area (Å²) < 4.78 is 17.3. The number of para-hydroxylation sites is 1. The second-order valence-electron chi connectivity index (χ2n) is 18.9. The third kappa shape index (κ3) is 14.8. The summed E-state index contributed by atoms with van der Waals surface area (Å²) in [4.78, 5) is 112. The van der Waals surface area contributed by atoms with Crippen molar-refractivity contribution in [2.75, 3.05) is 48.5 Å². The van der Waals surface area contributed by atoms with Crippen LogP contribution in [0.5, 0.6) is 5.75 Å². The molecule has 2 heterocycles. The van der Waals surface area contributed by atoms with Crippen LogP contribution in [0, 0.1) is 23.7 Å². The molecule has 380 valence electrons. The molecular formula is C50H78N6O12. The van der Waals surface area contributed by atoms with Crippen LogP contribution in [0.25, 0.3) is 0 Å². The molecular weight excluding hydrogens is 877 g/mol. The lowest BCUT2D eigenvalue weighted by atomic mass is 9.89. The van der Waals surface area contributed by atoms with E-state index < -0.39 is 66.1 Å². The molecule has 0 unspecified atom stereocenters. The van der Waals surface area contributed by atoms with Gasteiger partial charge in [0.15, 0.2) is 0 Å². The minimum atomic E-state index is -1.24. The summed E-state index contributed by atoms with van der Waals surface area (Å²) in [6.45, 7) is 13.6. The van der Waals surface area contributed by atoms with Gasteiger partial charge in [0.1, 0.15) is 23.9 Å². The molecule has 9 atom stereocenters. The monoisotopic (exact) mass is 955 g/mol. The van der Waals surface area contributed by atoms with Crippen molar-refractivity contribution in [3.63, 3.8) is 0 Å². The highest BCUT2D eigenvalue weighted by Crippen LogP contribution is 2.30. The molecule has 2 aliphatic rings. The van der Waals surface area contributed by atoms with Crippen LogP contribution in [0.2, 0.25) is 0 Å². The molecule has 18 heteroatoms. The van der Waals surface area contributed by atoms with Gasteiger partial charge < -0.3 is 44.7 Å². The second-order valence-corrected chi connectivity index (χ2v) is 18.9. The van der Waals surface area contributed by atoms with Gasteiger partial charge in [-0.2, -0.15) is 0 Å². The summed E-state index contributed by atoms with van der Waals surface area (Å²) >= 11 is 0. The topological polar surface area (TPSA) is 222 Å². The van der Waals surface area contributed by atoms with Crippen LogP contribution < -0.4 is 15.4 Å². The summed E-state index contributed by atoms with van der Waals surface area (Å²) in [6.07, 6.45) is 4.50. The van der Waals surface area contributed by atoms with Crippen molar-refractivity contribution in [3.05, 3.63) is 42.0 Å². The summed E-state index contributed by atoms with van der Waals surface area (Å²) in [5.41, 5.74) is 0.621. The maximum Gasteiger partial charge on any atom is 0.326 e. The minimum absolute atomic E-state index is 0.00529. The van der Waals surface area contributed by atoms with Crippen LogP contribution in [-0.2, 0) is 54.3 Å². The van der Waals surface area contributed by atoms with Crippen molar-refractivity contribution >= 4 is 47.3 Å². The Morgan fingerprint density at radius 1 is 0.838 bits per heavy atom. The van der Waals surface area contributed by atoms with Crippen LogP contribution >= 0.6 is 0 Å². The van der Waals surface area contributed by atoms with Crippen LogP contribution in [0.4, 0.5) is 0 Å². The molecule has 2 aliphatic heterocycles. The molecule has 7 amide bonds. The SMILES string of the molecule is CC[C@H](C)[C@@H]([C@@H](CC(=O)N1CCC[C@H]1[C@H](OC)[C@@H](C)C(=O)N[C@@H](Cc1ccccc1OC)C(=O)O)OC)N(C)C(=O)[C@@H](NC(=O)[C@H](C(C)C)N(C)C(=O)CCCCCN1C(=O)C=CC1=O)C(C)C. The van der Waals surface area contributed by atoms with E-state index in [1.165, 1.54) is 43.3 Å². The highest BCUT2D eigenvalue weighted by atomic mass is 16.5. The Labute approximate surface area is 402 Å². The third-order valence-electron chi connectivity index (χ3n) is 13.6. The van der Waals surface area contributed by atoms with Crippen molar-refractivity contribution in [2.24, 2.45) is 23.7 Å². The standard InChI is InChI=1S/C50H78N6O12/c1-13-32(6)45(54(9)49(63)43(30(2)3)52-48(62)44(31(4)5)53(8)39(57)23-15-14-18-26-56-40(58)24-25-41(56)59)38(67-11)29-42(60)55-27-19-21-36(55)46(68-12)33(7)47(61)51-35(50(64)65)28-34-20-16-17-22-37(34)66-10/h16-17,20,22,24-25,30-33,35-36,38,43-46H,13-15,18-19,21,23,26-29H2,1-12H3,(H,51,61)(H,52,62)(H,64,65)/t32-,33+,35-,36-,38+,43-,44-,45-,46+/m0/s1. The largest absolute Gasteiger partial charge is 0.496 e. The number of nitrogens with one attached hydrogen (secondary N) is 2. The van der Waals surface area contributed by atoms with E-state index in [0.717, 1.165) is 0 Å². The third-order valence-corrected chi connectivity index (χ3v) is 13.6. The van der Waals surface area contributed by atoms with Gasteiger partial charge in [-0.15, -0.1) is 0 Å². The Morgan fingerprint density at radius 3 is 2.04 bits per heavy atom. The smallest absolute Gasteiger partial charge is 0.326 e. The molecule has 1 aromatic rings. The lowest BCUT2D eigenvalue weighted by Gasteiger charge is -2.41. The first-order valence-electron chi connectivity index (χ1n) is 24.0. The predicted molar refractivity (Wildman–Crippen MR) is 255 cm³/mol. The molecule has 0 radical (unpaired) electrons. The number of carboxylic acid groups (broad SMARTS) is 1. The number of hydrogen-bond donors (Lipinski definition) is 3. The number of ether oxygens (including phenoxy) is 3. The fourth-order valence-electron chi connectivity index (χ4n) is 9.50. The molecule has 0 spiro atoms. The average Bonchev–Trinajstić information content (AvgIpc) is 3.92. The van der Waals surface area contributed by atoms with E-state index >= 15 is 0 Å². The van der Waals surface area contributed by atoms with Crippen LogP contribution in [0.1, 0.15) is 105 Å². The quantitative estimate of drug-likeness (QED) is 0.0806. The number of likely N-dealkylation sites (N-methyl/N-ethyl adjacent to an activating group) is 2. The van der Waals surface area contributed by atoms with E-state index in [9.17, 15) is 43.5 Å². The molecule has 1 saturated heterocycles. The number of unbranched alkanes of at least 4 members (excludes halogenated alkanes) is 2. The number of amides is 7. The first-order chi connectivity index (χ1) is 32.1. The Balaban J connectivity index is 1.72. The maximum absolute atomic E-state index is 14.6. The zero-order chi connectivity index (χ0) is 51.0. The molecule has 3 rings (SSSR count). The van der Waals surface area contributed by atoms with Crippen molar-refractivity contribution in [2.45, 2.75) is 149 Å². The number of carboxylic acids is 1. The molecule has 1 fully saturated rings. The van der Waals surface area contributed by atoms with Gasteiger partial charge in [0, 0.05) is 66.4 Å². The predicted octanol–water partition coefficient (Wildman–Crippen LogP) is 3.84. The van der Waals surface area contributed by atoms with E-state index in [1.54, 1.807) is 55.1 Å². The zero-order valence-corrected chi connectivity index (χ0v) is 42.3. The van der Waals surface area contributed by atoms with Gasteiger partial charge in [-0.25, -0.2) is 4.79 Å². The Kier molecular flexibility index (Phi) is 22.6. The number of carbonyl (C=O) groups excluding carboxylic acids is 7. The summed E-state index contributed by atoms with van der Waals surface area (Å²) in [6, 6.07) is 2.80. The van der Waals surface area contributed by atoms with E-state index in [1.807, 2.05) is 41.5 Å². The first-order valence-corrected chi connectivity index (χ1v) is 24.0. The number of methoxy groups -OCH3 is 3. The van der Waals surface area contributed by atoms with Gasteiger partial charge in [0.25, 0.3) is 11.8 Å². The van der Waals surface area contributed by atoms with Gasteiger partial charge in [-0.1, -0.05) is 79.5 Å². The van der Waals surface area contributed by atoms with Crippen molar-refractivity contribution in [1.29, 1.82) is 0 Å². The molecule has 0 aliphatic carbocycles. The number of carbonyl (C=O) groups is 8. The van der Waals surface area contributed by atoms with Crippen LogP contribution in [-0.4, -0.2) is 163 Å². The fourth-order valence-corrected chi connectivity index (χ4v) is 9.50. The average molecular weight is 955 g/mol. The minimum Gasteiger partial charge on any atom is -0.496 e. The van der Waals surface area contributed by atoms with Gasteiger partial charge in [-0.3, -0.25) is 38.5 Å². The lowest BCUT2D eigenvalue weighted by molar-refractivity contribution is -0.149. The van der Waals surface area contributed by atoms with Gasteiger partial charge in [0.2, 0.25) is 29.5 Å². The van der Waals surface area contributed by atoms with Gasteiger partial charge >= 0.3 is 5.97 Å². The molecule has 0 bridgehead atoms. The normalized spacial score (nSPS) is 18.4. The Morgan fingerprint density at radius 2 is 1.49 bits per heavy atom. The highest BCUT2D eigenvalue weighted by Gasteiger charge is 2.44. The number of likely N-dealkylation sites (tertiary alicyclic amines) is 1. The van der Waals surface area contributed by atoms with E-state index in [0.29, 0.717) is 56.4 Å². The van der Waals surface area contributed by atoms with Crippen LogP contribution in [0.15, 0.2) is 36.4 Å². The first kappa shape index (κ1) is 57.0. The summed E-state index contributed by atoms with van der Waals surface area (Å²) in [7, 11) is 7.68. The summed E-state index contributed by atoms with van der Waals surface area (Å²) in [5.74, 6) is -4.90. The molecule has 18 nitrogen and oxygen atoms in total. The number of benzene rings is 1. The Hall–Kier alpha value is -5.36. The molecule has 68 heavy (non-hydrogen) atoms. The molecule has 3 N–H and O–H groups in total. The lowest BCUT2D eigenvalue weighted by Crippen LogP contribution is -2.60. The molecule has 0 aromatic heterocycles. The van der Waals surface area contributed by atoms with Gasteiger partial charge in [0.05, 0.1) is 43.7 Å². The second kappa shape index (κ2) is 27.0. The molecule has 0 saturated carbocycles. The maximum atomic E-state index is 14.6. The molecule has 1 aromatic carbocycles. The van der Waals surface area contributed by atoms with Gasteiger partial charge in [-0.05, 0) is 55.1 Å². The van der Waals surface area contributed by atoms with Crippen molar-refractivity contribution in [3.8, 4) is 5.75 Å². The number of hydrogen-bond acceptors (Lipinski definition) is 11. The van der Waals surface area contributed by atoms with E-state index in [-0.39, 0.29) is 73.1 Å². The zero-order valence-electron chi connectivity index (χ0n) is 42.3. The van der Waals surface area contributed by atoms with Crippen molar-refractivity contribution < 1.29 is 57.7 Å².